The van der Waals surface area contributed by atoms with Gasteiger partial charge in [-0.25, -0.2) is 8.42 Å². The van der Waals surface area contributed by atoms with Crippen molar-refractivity contribution >= 4 is 52.0 Å². The van der Waals surface area contributed by atoms with Crippen LogP contribution >= 0.6 is 10.7 Å². The minimum atomic E-state index is -3.86. The second-order valence-corrected chi connectivity index (χ2v) is 9.62. The molecule has 0 spiro atoms. The van der Waals surface area contributed by atoms with E-state index in [2.05, 4.69) is 19.9 Å². The molecule has 2 aromatic heterocycles. The Morgan fingerprint density at radius 1 is 0.806 bits per heavy atom. The Balaban J connectivity index is 0.000000176. The van der Waals surface area contributed by atoms with Gasteiger partial charge in [-0.15, -0.1) is 0 Å². The zero-order chi connectivity index (χ0) is 22.9. The fourth-order valence-electron chi connectivity index (χ4n) is 2.57. The van der Waals surface area contributed by atoms with Crippen LogP contribution in [0.1, 0.15) is 11.4 Å². The van der Waals surface area contributed by atoms with E-state index >= 15 is 0 Å². The van der Waals surface area contributed by atoms with E-state index in [1.807, 2.05) is 0 Å². The normalized spacial score (nSPS) is 12.7. The number of rotatable bonds is 1. The first-order chi connectivity index (χ1) is 14.5. The van der Waals surface area contributed by atoms with Gasteiger partial charge in [-0.3, -0.25) is 19.2 Å². The van der Waals surface area contributed by atoms with E-state index in [-0.39, 0.29) is 21.7 Å². The second-order valence-electron chi connectivity index (χ2n) is 6.07. The van der Waals surface area contributed by atoms with Gasteiger partial charge < -0.3 is 19.9 Å². The van der Waals surface area contributed by atoms with Crippen molar-refractivity contribution < 1.29 is 16.8 Å². The molecule has 0 radical (unpaired) electrons. The number of nitrogens with one attached hydrogen (secondary N) is 4. The van der Waals surface area contributed by atoms with Gasteiger partial charge in [0.05, 0.1) is 26.5 Å². The standard InChI is InChI=1S/C8H5ClN2O4S.C8H6N2O4S/c9-16(14,15)4-1-2-5-6(3-4)11-8(13)7(12)10-5;11-7-8(12)10-6-3-4(15(13)14)1-2-5(6)9-7/h1-3H,(H,10,12)(H,11,13);1-2H,3H2,(H,9,11)(H,10,12). The average Bonchev–Trinajstić information content (AvgIpc) is 2.69. The minimum Gasteiger partial charge on any atom is -0.319 e. The summed E-state index contributed by atoms with van der Waals surface area (Å²) in [6, 6.07) is 3.76. The highest BCUT2D eigenvalue weighted by molar-refractivity contribution is 8.13. The van der Waals surface area contributed by atoms with Gasteiger partial charge in [-0.2, -0.15) is 8.42 Å². The second kappa shape index (κ2) is 8.33. The summed E-state index contributed by atoms with van der Waals surface area (Å²) in [4.78, 5) is 53.2. The molecular weight excluding hydrogens is 476 g/mol. The maximum absolute atomic E-state index is 11.0. The summed E-state index contributed by atoms with van der Waals surface area (Å²) in [5.41, 5.74) is -1.80. The molecule has 0 unspecified atom stereocenters. The predicted octanol–water partition coefficient (Wildman–Crippen LogP) is -1.17. The molecule has 2 heterocycles. The number of fused-ring (bicyclic) bond motifs is 2. The van der Waals surface area contributed by atoms with E-state index in [1.165, 1.54) is 30.4 Å². The van der Waals surface area contributed by atoms with Crippen molar-refractivity contribution in [2.75, 3.05) is 0 Å². The molecule has 162 valence electrons. The van der Waals surface area contributed by atoms with Crippen molar-refractivity contribution in [1.82, 2.24) is 19.9 Å². The molecule has 1 aromatic carbocycles. The van der Waals surface area contributed by atoms with Gasteiger partial charge in [0, 0.05) is 22.8 Å². The Morgan fingerprint density at radius 3 is 2.00 bits per heavy atom. The van der Waals surface area contributed by atoms with Crippen LogP contribution in [0, 0.1) is 0 Å². The Hall–Kier alpha value is -3.49. The highest BCUT2D eigenvalue weighted by Gasteiger charge is 2.13. The molecule has 15 heteroatoms. The van der Waals surface area contributed by atoms with Crippen molar-refractivity contribution in [2.45, 2.75) is 11.3 Å². The molecule has 1 aliphatic carbocycles. The number of hydrogen-bond donors (Lipinski definition) is 4. The molecule has 4 N–H and O–H groups in total. The lowest BCUT2D eigenvalue weighted by Crippen LogP contribution is -2.32. The van der Waals surface area contributed by atoms with Crippen LogP contribution in [-0.2, 0) is 25.8 Å². The molecule has 0 amide bonds. The van der Waals surface area contributed by atoms with Crippen molar-refractivity contribution in [2.24, 2.45) is 0 Å². The van der Waals surface area contributed by atoms with E-state index in [4.69, 9.17) is 10.7 Å². The summed E-state index contributed by atoms with van der Waals surface area (Å²) < 4.78 is 43.4. The lowest BCUT2D eigenvalue weighted by molar-refractivity contribution is 0.609. The highest BCUT2D eigenvalue weighted by Crippen LogP contribution is 2.17. The Morgan fingerprint density at radius 2 is 1.39 bits per heavy atom. The lowest BCUT2D eigenvalue weighted by Gasteiger charge is -2.08. The summed E-state index contributed by atoms with van der Waals surface area (Å²) >= 11 is 0. The third-order valence-electron chi connectivity index (χ3n) is 4.02. The summed E-state index contributed by atoms with van der Waals surface area (Å²) in [7, 11) is -1.03. The van der Waals surface area contributed by atoms with Crippen LogP contribution < -0.4 is 22.2 Å². The first kappa shape index (κ1) is 22.2. The molecule has 31 heavy (non-hydrogen) atoms. The molecule has 12 nitrogen and oxygen atoms in total. The molecule has 4 rings (SSSR count). The molecule has 0 bridgehead atoms. The predicted molar refractivity (Wildman–Crippen MR) is 113 cm³/mol. The fourth-order valence-corrected chi connectivity index (χ4v) is 3.79. The first-order valence-electron chi connectivity index (χ1n) is 8.15. The number of allylic oxidation sites excluding steroid dienone is 1. The van der Waals surface area contributed by atoms with Crippen LogP contribution in [0.15, 0.2) is 48.3 Å². The molecule has 0 fully saturated rings. The van der Waals surface area contributed by atoms with Gasteiger partial charge in [0.2, 0.25) is 10.3 Å². The van der Waals surface area contributed by atoms with Crippen molar-refractivity contribution in [3.63, 3.8) is 0 Å². The molecule has 1 aliphatic rings. The highest BCUT2D eigenvalue weighted by atomic mass is 35.7. The molecular formula is C16H11ClN4O8S2. The Bertz CT molecular complexity index is 1720. The van der Waals surface area contributed by atoms with Gasteiger partial charge in [0.1, 0.15) is 0 Å². The zero-order valence-corrected chi connectivity index (χ0v) is 17.4. The quantitative estimate of drug-likeness (QED) is 0.187. The third-order valence-corrected chi connectivity index (χ3v) is 6.08. The van der Waals surface area contributed by atoms with E-state index < -0.39 is 41.6 Å². The van der Waals surface area contributed by atoms with Crippen molar-refractivity contribution in [3.05, 3.63) is 77.1 Å². The van der Waals surface area contributed by atoms with Crippen LogP contribution in [0.4, 0.5) is 0 Å². The maximum atomic E-state index is 11.0. The van der Waals surface area contributed by atoms with Gasteiger partial charge >= 0.3 is 22.2 Å². The van der Waals surface area contributed by atoms with Gasteiger partial charge in [0.25, 0.3) is 9.05 Å². The minimum absolute atomic E-state index is 0.0912. The lowest BCUT2D eigenvalue weighted by atomic mass is 10.1. The number of hydrogen-bond acceptors (Lipinski definition) is 8. The Kier molecular flexibility index (Phi) is 5.97. The number of halogens is 1. The van der Waals surface area contributed by atoms with E-state index in [1.54, 1.807) is 0 Å². The third kappa shape index (κ3) is 4.99. The van der Waals surface area contributed by atoms with Crippen molar-refractivity contribution in [1.29, 1.82) is 0 Å². The molecule has 3 aromatic rings. The van der Waals surface area contributed by atoms with Crippen LogP contribution in [0.2, 0.25) is 0 Å². The zero-order valence-electron chi connectivity index (χ0n) is 15.1. The first-order valence-corrected chi connectivity index (χ1v) is 11.5. The molecule has 0 saturated carbocycles. The summed E-state index contributed by atoms with van der Waals surface area (Å²) in [6.45, 7) is 0. The fraction of sp³-hybridized carbons (Fsp3) is 0.0625. The smallest absolute Gasteiger partial charge is 0.314 e. The van der Waals surface area contributed by atoms with Crippen LogP contribution in [0.25, 0.3) is 17.1 Å². The van der Waals surface area contributed by atoms with Crippen LogP contribution in [-0.4, -0.2) is 41.6 Å². The topological polar surface area (TPSA) is 200 Å². The van der Waals surface area contributed by atoms with Crippen LogP contribution in [0.5, 0.6) is 0 Å². The van der Waals surface area contributed by atoms with Gasteiger partial charge in [0.15, 0.2) is 0 Å². The Labute approximate surface area is 177 Å². The van der Waals surface area contributed by atoms with Crippen LogP contribution in [0.3, 0.4) is 0 Å². The van der Waals surface area contributed by atoms with Gasteiger partial charge in [-0.05, 0) is 30.4 Å². The van der Waals surface area contributed by atoms with E-state index in [0.29, 0.717) is 16.9 Å². The SMILES string of the molecule is O=c1[nH]c2c([nH]c1=O)CC(=S(=O)=O)C=C2.O=c1[nH]c2ccc(S(=O)(=O)Cl)cc2[nH]c1=O. The maximum Gasteiger partial charge on any atom is 0.314 e. The average molecular weight is 487 g/mol. The molecule has 0 saturated heterocycles. The number of benzene rings is 1. The monoisotopic (exact) mass is 486 g/mol. The van der Waals surface area contributed by atoms with E-state index in [0.717, 1.165) is 0 Å². The molecule has 0 atom stereocenters. The summed E-state index contributed by atoms with van der Waals surface area (Å²) in [5.74, 6) is 0. The summed E-state index contributed by atoms with van der Waals surface area (Å²) in [6.07, 6.45) is 2.93. The number of H-pyrrole nitrogens is 4. The van der Waals surface area contributed by atoms with Crippen molar-refractivity contribution in [3.8, 4) is 0 Å². The number of aromatic amines is 4. The largest absolute Gasteiger partial charge is 0.319 e. The molecule has 0 aliphatic heterocycles. The van der Waals surface area contributed by atoms with E-state index in [9.17, 15) is 36.0 Å². The summed E-state index contributed by atoms with van der Waals surface area (Å²) in [5, 5.41) is 0. The number of aromatic nitrogens is 4. The van der Waals surface area contributed by atoms with Gasteiger partial charge in [-0.1, -0.05) is 0 Å².